The molecule has 4 heteroatoms. The van der Waals surface area contributed by atoms with Crippen molar-refractivity contribution >= 4 is 11.6 Å². The van der Waals surface area contributed by atoms with E-state index in [-0.39, 0.29) is 5.91 Å². The maximum atomic E-state index is 11.9. The summed E-state index contributed by atoms with van der Waals surface area (Å²) in [7, 11) is 0. The highest BCUT2D eigenvalue weighted by atomic mass is 16.2. The number of carbonyl (C=O) groups excluding carboxylic acids is 1. The van der Waals surface area contributed by atoms with Crippen LogP contribution in [0.3, 0.4) is 0 Å². The van der Waals surface area contributed by atoms with Gasteiger partial charge in [0.15, 0.2) is 0 Å². The first-order valence-corrected chi connectivity index (χ1v) is 7.54. The Hall–Kier alpha value is -2.49. The van der Waals surface area contributed by atoms with Crippen LogP contribution in [0.25, 0.3) is 0 Å². The molecule has 0 fully saturated rings. The van der Waals surface area contributed by atoms with Gasteiger partial charge in [-0.25, -0.2) is 5.43 Å². The number of nitrogens with zero attached hydrogens (tertiary/aromatic N) is 2. The van der Waals surface area contributed by atoms with Crippen LogP contribution in [0.1, 0.15) is 48.2 Å². The van der Waals surface area contributed by atoms with Crippen molar-refractivity contribution in [3.8, 4) is 0 Å². The summed E-state index contributed by atoms with van der Waals surface area (Å²) in [6, 6.07) is 11.6. The van der Waals surface area contributed by atoms with E-state index in [2.05, 4.69) is 34.6 Å². The van der Waals surface area contributed by atoms with Gasteiger partial charge in [-0.2, -0.15) is 5.10 Å². The lowest BCUT2D eigenvalue weighted by atomic mass is 10.0. The third kappa shape index (κ3) is 4.52. The van der Waals surface area contributed by atoms with Gasteiger partial charge in [-0.1, -0.05) is 37.6 Å². The third-order valence-electron chi connectivity index (χ3n) is 3.46. The molecule has 114 valence electrons. The Labute approximate surface area is 131 Å². The number of aryl methyl sites for hydroxylation is 1. The number of unbranched alkanes of at least 4 members (excludes halogenated alkanes) is 1. The van der Waals surface area contributed by atoms with Crippen molar-refractivity contribution in [3.63, 3.8) is 0 Å². The number of benzene rings is 1. The monoisotopic (exact) mass is 295 g/mol. The van der Waals surface area contributed by atoms with Gasteiger partial charge >= 0.3 is 0 Å². The summed E-state index contributed by atoms with van der Waals surface area (Å²) in [5.74, 6) is -0.235. The van der Waals surface area contributed by atoms with Crippen molar-refractivity contribution in [1.29, 1.82) is 0 Å². The first-order valence-electron chi connectivity index (χ1n) is 7.54. The Bertz CT molecular complexity index is 633. The van der Waals surface area contributed by atoms with E-state index in [1.165, 1.54) is 18.4 Å². The Kier molecular flexibility index (Phi) is 5.83. The number of aromatic nitrogens is 1. The minimum Gasteiger partial charge on any atom is -0.267 e. The molecule has 0 atom stereocenters. The molecule has 1 N–H and O–H groups in total. The minimum atomic E-state index is -0.235. The normalized spacial score (nSPS) is 11.3. The average molecular weight is 295 g/mol. The Balaban J connectivity index is 1.98. The number of rotatable bonds is 6. The van der Waals surface area contributed by atoms with Crippen molar-refractivity contribution in [2.75, 3.05) is 0 Å². The number of hydrogen-bond donors (Lipinski definition) is 1. The van der Waals surface area contributed by atoms with Crippen LogP contribution in [0.15, 0.2) is 53.9 Å². The molecular formula is C18H21N3O. The van der Waals surface area contributed by atoms with Crippen molar-refractivity contribution < 1.29 is 4.79 Å². The lowest BCUT2D eigenvalue weighted by Gasteiger charge is -2.05. The van der Waals surface area contributed by atoms with Crippen LogP contribution >= 0.6 is 0 Å². The van der Waals surface area contributed by atoms with Crippen LogP contribution in [-0.2, 0) is 6.42 Å². The third-order valence-corrected chi connectivity index (χ3v) is 3.46. The van der Waals surface area contributed by atoms with Gasteiger partial charge in [-0.15, -0.1) is 0 Å². The van der Waals surface area contributed by atoms with E-state index < -0.39 is 0 Å². The lowest BCUT2D eigenvalue weighted by Crippen LogP contribution is -2.19. The molecule has 0 bridgehead atoms. The molecule has 1 aromatic carbocycles. The van der Waals surface area contributed by atoms with Gasteiger partial charge in [0, 0.05) is 18.0 Å². The van der Waals surface area contributed by atoms with E-state index >= 15 is 0 Å². The quantitative estimate of drug-likeness (QED) is 0.654. The molecule has 1 heterocycles. The Morgan fingerprint density at radius 1 is 1.09 bits per heavy atom. The van der Waals surface area contributed by atoms with E-state index in [9.17, 15) is 4.79 Å². The highest BCUT2D eigenvalue weighted by Gasteiger charge is 2.04. The maximum absolute atomic E-state index is 11.9. The largest absolute Gasteiger partial charge is 0.271 e. The second kappa shape index (κ2) is 8.08. The summed E-state index contributed by atoms with van der Waals surface area (Å²) in [6.07, 6.45) is 6.67. The predicted molar refractivity (Wildman–Crippen MR) is 89.0 cm³/mol. The van der Waals surface area contributed by atoms with Gasteiger partial charge in [0.1, 0.15) is 0 Å². The minimum absolute atomic E-state index is 0.235. The summed E-state index contributed by atoms with van der Waals surface area (Å²) in [5.41, 5.74) is 6.23. The van der Waals surface area contributed by atoms with Crippen LogP contribution in [0.2, 0.25) is 0 Å². The van der Waals surface area contributed by atoms with Gasteiger partial charge in [0.2, 0.25) is 0 Å². The summed E-state index contributed by atoms with van der Waals surface area (Å²) in [4.78, 5) is 15.8. The SMILES string of the molecule is CCCCc1ccc(/C(C)=N\NC(=O)c2ccncc2)cc1. The number of pyridine rings is 1. The van der Waals surface area contributed by atoms with Crippen molar-refractivity contribution in [2.24, 2.45) is 5.10 Å². The fraction of sp³-hybridized carbons (Fsp3) is 0.278. The average Bonchev–Trinajstić information content (AvgIpc) is 2.58. The van der Waals surface area contributed by atoms with E-state index in [1.54, 1.807) is 24.5 Å². The van der Waals surface area contributed by atoms with Crippen molar-refractivity contribution in [3.05, 3.63) is 65.5 Å². The molecule has 0 unspecified atom stereocenters. The first kappa shape index (κ1) is 15.9. The van der Waals surface area contributed by atoms with Crippen LogP contribution < -0.4 is 5.43 Å². The predicted octanol–water partition coefficient (Wildman–Crippen LogP) is 3.58. The molecule has 2 aromatic rings. The zero-order chi connectivity index (χ0) is 15.8. The zero-order valence-corrected chi connectivity index (χ0v) is 13.0. The first-order chi connectivity index (χ1) is 10.7. The summed E-state index contributed by atoms with van der Waals surface area (Å²) < 4.78 is 0. The van der Waals surface area contributed by atoms with Gasteiger partial charge in [0.25, 0.3) is 5.91 Å². The molecule has 1 amide bonds. The van der Waals surface area contributed by atoms with Gasteiger partial charge in [0.05, 0.1) is 5.71 Å². The summed E-state index contributed by atoms with van der Waals surface area (Å²) in [6.45, 7) is 4.07. The van der Waals surface area contributed by atoms with Crippen molar-refractivity contribution in [1.82, 2.24) is 10.4 Å². The van der Waals surface area contributed by atoms with Gasteiger partial charge in [-0.3, -0.25) is 9.78 Å². The molecule has 22 heavy (non-hydrogen) atoms. The zero-order valence-electron chi connectivity index (χ0n) is 13.0. The maximum Gasteiger partial charge on any atom is 0.271 e. The van der Waals surface area contributed by atoms with Crippen molar-refractivity contribution in [2.45, 2.75) is 33.1 Å². The second-order valence-electron chi connectivity index (χ2n) is 5.17. The molecule has 0 spiro atoms. The van der Waals surface area contributed by atoms with E-state index in [0.717, 1.165) is 17.7 Å². The fourth-order valence-corrected chi connectivity index (χ4v) is 2.06. The van der Waals surface area contributed by atoms with Gasteiger partial charge < -0.3 is 0 Å². The standard InChI is InChI=1S/C18H21N3O/c1-3-4-5-15-6-8-16(9-7-15)14(2)20-21-18(22)17-10-12-19-13-11-17/h6-13H,3-5H2,1-2H3,(H,21,22)/b20-14-. The molecule has 0 aliphatic heterocycles. The molecule has 0 aliphatic carbocycles. The molecule has 4 nitrogen and oxygen atoms in total. The van der Waals surface area contributed by atoms with E-state index in [0.29, 0.717) is 5.56 Å². The number of amides is 1. The number of hydrazone groups is 1. The highest BCUT2D eigenvalue weighted by molar-refractivity contribution is 6.00. The second-order valence-corrected chi connectivity index (χ2v) is 5.17. The fourth-order valence-electron chi connectivity index (χ4n) is 2.06. The molecule has 0 aliphatic rings. The summed E-state index contributed by atoms with van der Waals surface area (Å²) in [5, 5.41) is 4.16. The number of hydrogen-bond acceptors (Lipinski definition) is 3. The molecule has 0 saturated heterocycles. The molecule has 0 saturated carbocycles. The number of carbonyl (C=O) groups is 1. The molecular weight excluding hydrogens is 274 g/mol. The van der Waals surface area contributed by atoms with Crippen LogP contribution in [-0.4, -0.2) is 16.6 Å². The number of nitrogens with one attached hydrogen (secondary N) is 1. The molecule has 0 radical (unpaired) electrons. The smallest absolute Gasteiger partial charge is 0.267 e. The Morgan fingerprint density at radius 2 is 1.77 bits per heavy atom. The van der Waals surface area contributed by atoms with E-state index in [1.807, 2.05) is 19.1 Å². The molecule has 2 rings (SSSR count). The lowest BCUT2D eigenvalue weighted by molar-refractivity contribution is 0.0954. The topological polar surface area (TPSA) is 54.4 Å². The van der Waals surface area contributed by atoms with Crippen LogP contribution in [0.5, 0.6) is 0 Å². The van der Waals surface area contributed by atoms with Crippen LogP contribution in [0.4, 0.5) is 0 Å². The molecule has 1 aromatic heterocycles. The van der Waals surface area contributed by atoms with Gasteiger partial charge in [-0.05, 0) is 43.0 Å². The van der Waals surface area contributed by atoms with E-state index in [4.69, 9.17) is 0 Å². The highest BCUT2D eigenvalue weighted by Crippen LogP contribution is 2.09. The Morgan fingerprint density at radius 3 is 2.41 bits per heavy atom. The summed E-state index contributed by atoms with van der Waals surface area (Å²) >= 11 is 0. The van der Waals surface area contributed by atoms with Crippen LogP contribution in [0, 0.1) is 0 Å².